The van der Waals surface area contributed by atoms with Crippen molar-refractivity contribution in [1.82, 2.24) is 4.98 Å². The molecule has 0 radical (unpaired) electrons. The highest BCUT2D eigenvalue weighted by Crippen LogP contribution is 2.25. The van der Waals surface area contributed by atoms with E-state index in [-0.39, 0.29) is 16.4 Å². The van der Waals surface area contributed by atoms with Crippen molar-refractivity contribution < 1.29 is 17.2 Å². The Morgan fingerprint density at radius 3 is 2.57 bits per heavy atom. The minimum absolute atomic E-state index is 0.117. The number of nitrogens with one attached hydrogen (secondary N) is 2. The number of hydrogen-bond donors (Lipinski definition) is 3. The third-order valence-corrected chi connectivity index (χ3v) is 4.23. The molecule has 21 heavy (non-hydrogen) atoms. The molecule has 0 saturated heterocycles. The lowest BCUT2D eigenvalue weighted by molar-refractivity contribution is 0.582. The van der Waals surface area contributed by atoms with Crippen LogP contribution in [0.4, 0.5) is 20.3 Å². The van der Waals surface area contributed by atoms with Crippen LogP contribution < -0.4 is 16.0 Å². The van der Waals surface area contributed by atoms with Crippen LogP contribution in [0.3, 0.4) is 0 Å². The summed E-state index contributed by atoms with van der Waals surface area (Å²) in [6.45, 7) is 0. The van der Waals surface area contributed by atoms with Crippen molar-refractivity contribution in [2.75, 3.05) is 10.1 Å². The van der Waals surface area contributed by atoms with Gasteiger partial charge in [0.2, 0.25) is 0 Å². The molecule has 0 amide bonds. The number of nitrogens with zero attached hydrogens (tertiary/aromatic N) is 1. The lowest BCUT2D eigenvalue weighted by Crippen LogP contribution is -2.19. The maximum atomic E-state index is 13.5. The Bertz CT molecular complexity index is 786. The highest BCUT2D eigenvalue weighted by molar-refractivity contribution is 9.10. The minimum Gasteiger partial charge on any atom is -0.307 e. The normalized spacial score (nSPS) is 11.2. The van der Waals surface area contributed by atoms with Gasteiger partial charge in [-0.1, -0.05) is 0 Å². The van der Waals surface area contributed by atoms with Gasteiger partial charge in [-0.2, -0.15) is 0 Å². The summed E-state index contributed by atoms with van der Waals surface area (Å²) in [4.78, 5) is 3.50. The van der Waals surface area contributed by atoms with Gasteiger partial charge in [0, 0.05) is 16.7 Å². The molecule has 6 nitrogen and oxygen atoms in total. The van der Waals surface area contributed by atoms with E-state index >= 15 is 0 Å². The molecule has 0 aliphatic rings. The van der Waals surface area contributed by atoms with Gasteiger partial charge in [-0.25, -0.2) is 28.0 Å². The molecule has 0 atom stereocenters. The first-order chi connectivity index (χ1) is 9.83. The predicted molar refractivity (Wildman–Crippen MR) is 76.9 cm³/mol. The van der Waals surface area contributed by atoms with E-state index in [1.165, 1.54) is 12.3 Å². The Morgan fingerprint density at radius 2 is 1.95 bits per heavy atom. The molecular formula is C11H9BrF2N4O2S. The molecule has 0 aliphatic heterocycles. The molecule has 2 rings (SSSR count). The summed E-state index contributed by atoms with van der Waals surface area (Å²) >= 11 is 3.08. The van der Waals surface area contributed by atoms with Crippen LogP contribution in [0, 0.1) is 11.6 Å². The first-order valence-corrected chi connectivity index (χ1v) is 7.71. The summed E-state index contributed by atoms with van der Waals surface area (Å²) in [5, 5.41) is 0. The first-order valence-electron chi connectivity index (χ1n) is 5.43. The number of pyridine rings is 1. The minimum atomic E-state index is -4.16. The summed E-state index contributed by atoms with van der Waals surface area (Å²) in [7, 11) is -4.16. The Kier molecular flexibility index (Phi) is 4.40. The Morgan fingerprint density at radius 1 is 1.24 bits per heavy atom. The zero-order valence-corrected chi connectivity index (χ0v) is 12.7. The predicted octanol–water partition coefficient (Wildman–Crippen LogP) is 2.21. The number of sulfonamides is 1. The molecule has 0 unspecified atom stereocenters. The molecule has 4 N–H and O–H groups in total. The van der Waals surface area contributed by atoms with Gasteiger partial charge in [0.25, 0.3) is 10.0 Å². The molecule has 1 aromatic carbocycles. The standard InChI is InChI=1S/C11H9BrF2N4O2S/c12-6-3-10(11(17-15)16-5-6)21(19,20)18-9-2-1-7(13)4-8(9)14/h1-5,18H,15H2,(H,16,17). The van der Waals surface area contributed by atoms with Crippen molar-refractivity contribution in [3.63, 3.8) is 0 Å². The van der Waals surface area contributed by atoms with E-state index in [9.17, 15) is 17.2 Å². The number of halogens is 3. The summed E-state index contributed by atoms with van der Waals surface area (Å²) in [6, 6.07) is 3.72. The molecule has 0 bridgehead atoms. The summed E-state index contributed by atoms with van der Waals surface area (Å²) in [6.07, 6.45) is 1.34. The van der Waals surface area contributed by atoms with Gasteiger partial charge in [0.15, 0.2) is 5.82 Å². The van der Waals surface area contributed by atoms with E-state index in [1.807, 2.05) is 4.72 Å². The average Bonchev–Trinajstić information content (AvgIpc) is 2.42. The van der Waals surface area contributed by atoms with Gasteiger partial charge >= 0.3 is 0 Å². The smallest absolute Gasteiger partial charge is 0.265 e. The molecule has 0 spiro atoms. The number of aromatic nitrogens is 1. The second-order valence-corrected chi connectivity index (χ2v) is 6.44. The molecule has 1 heterocycles. The van der Waals surface area contributed by atoms with Crippen LogP contribution in [0.15, 0.2) is 39.8 Å². The maximum Gasteiger partial charge on any atom is 0.265 e. The van der Waals surface area contributed by atoms with Gasteiger partial charge in [-0.05, 0) is 34.1 Å². The number of benzene rings is 1. The van der Waals surface area contributed by atoms with Gasteiger partial charge < -0.3 is 5.43 Å². The second kappa shape index (κ2) is 5.92. The molecule has 0 aliphatic carbocycles. The molecule has 2 aromatic rings. The van der Waals surface area contributed by atoms with Crippen LogP contribution in [0.2, 0.25) is 0 Å². The zero-order valence-electron chi connectivity index (χ0n) is 10.3. The number of nitrogens with two attached hydrogens (primary N) is 1. The van der Waals surface area contributed by atoms with Crippen molar-refractivity contribution in [2.24, 2.45) is 5.84 Å². The van der Waals surface area contributed by atoms with Crippen molar-refractivity contribution in [2.45, 2.75) is 4.90 Å². The summed E-state index contributed by atoms with van der Waals surface area (Å²) in [5.74, 6) is 3.23. The van der Waals surface area contributed by atoms with E-state index in [4.69, 9.17) is 5.84 Å². The highest BCUT2D eigenvalue weighted by atomic mass is 79.9. The fraction of sp³-hybridized carbons (Fsp3) is 0. The second-order valence-electron chi connectivity index (χ2n) is 3.87. The molecule has 0 saturated carbocycles. The lowest BCUT2D eigenvalue weighted by atomic mass is 10.3. The Labute approximate surface area is 127 Å². The van der Waals surface area contributed by atoms with Crippen LogP contribution in [-0.2, 0) is 10.0 Å². The largest absolute Gasteiger partial charge is 0.307 e. The topological polar surface area (TPSA) is 97.1 Å². The SMILES string of the molecule is NNc1ncc(Br)cc1S(=O)(=O)Nc1ccc(F)cc1F. The van der Waals surface area contributed by atoms with E-state index in [1.54, 1.807) is 0 Å². The number of hydrazine groups is 1. The number of rotatable bonds is 4. The van der Waals surface area contributed by atoms with Gasteiger partial charge in [0.1, 0.15) is 16.5 Å². The Hall–Kier alpha value is -1.78. The first kappa shape index (κ1) is 15.6. The summed E-state index contributed by atoms with van der Waals surface area (Å²) < 4.78 is 53.2. The van der Waals surface area contributed by atoms with Crippen LogP contribution in [-0.4, -0.2) is 13.4 Å². The van der Waals surface area contributed by atoms with Crippen molar-refractivity contribution in [3.8, 4) is 0 Å². The van der Waals surface area contributed by atoms with Crippen molar-refractivity contribution in [3.05, 3.63) is 46.6 Å². The van der Waals surface area contributed by atoms with Gasteiger partial charge in [0.05, 0.1) is 5.69 Å². The molecule has 112 valence electrons. The van der Waals surface area contributed by atoms with E-state index in [0.717, 1.165) is 12.1 Å². The quantitative estimate of drug-likeness (QED) is 0.559. The van der Waals surface area contributed by atoms with Crippen molar-refractivity contribution >= 4 is 37.5 Å². The molecule has 1 aromatic heterocycles. The Balaban J connectivity index is 2.45. The number of nitrogen functional groups attached to an aromatic ring is 1. The third kappa shape index (κ3) is 3.46. The molecular weight excluding hydrogens is 370 g/mol. The average molecular weight is 379 g/mol. The van der Waals surface area contributed by atoms with Crippen LogP contribution >= 0.6 is 15.9 Å². The van der Waals surface area contributed by atoms with Crippen LogP contribution in [0.5, 0.6) is 0 Å². The number of anilines is 2. The maximum absolute atomic E-state index is 13.5. The zero-order chi connectivity index (χ0) is 15.6. The lowest BCUT2D eigenvalue weighted by Gasteiger charge is -2.12. The van der Waals surface area contributed by atoms with Crippen LogP contribution in [0.25, 0.3) is 0 Å². The molecule has 0 fully saturated rings. The van der Waals surface area contributed by atoms with Gasteiger partial charge in [-0.3, -0.25) is 4.72 Å². The third-order valence-electron chi connectivity index (χ3n) is 2.42. The molecule has 10 heteroatoms. The van der Waals surface area contributed by atoms with Gasteiger partial charge in [-0.15, -0.1) is 0 Å². The van der Waals surface area contributed by atoms with E-state index in [2.05, 4.69) is 26.3 Å². The van der Waals surface area contributed by atoms with E-state index in [0.29, 0.717) is 10.5 Å². The fourth-order valence-electron chi connectivity index (χ4n) is 1.51. The summed E-state index contributed by atoms with van der Waals surface area (Å²) in [5.41, 5.74) is 1.74. The fourth-order valence-corrected chi connectivity index (χ4v) is 3.20. The number of hydrogen-bond acceptors (Lipinski definition) is 5. The van der Waals surface area contributed by atoms with Crippen molar-refractivity contribution in [1.29, 1.82) is 0 Å². The monoisotopic (exact) mass is 378 g/mol. The van der Waals surface area contributed by atoms with Crippen LogP contribution in [0.1, 0.15) is 0 Å². The van der Waals surface area contributed by atoms with E-state index < -0.39 is 21.7 Å². The highest BCUT2D eigenvalue weighted by Gasteiger charge is 2.21.